The van der Waals surface area contributed by atoms with E-state index >= 15 is 0 Å². The van der Waals surface area contributed by atoms with Crippen LogP contribution >= 0.6 is 0 Å². The zero-order valence-electron chi connectivity index (χ0n) is 12.7. The van der Waals surface area contributed by atoms with Crippen molar-refractivity contribution in [2.24, 2.45) is 5.92 Å². The van der Waals surface area contributed by atoms with Crippen molar-refractivity contribution in [2.45, 2.75) is 47.0 Å². The average molecular weight is 280 g/mol. The molecule has 20 heavy (non-hydrogen) atoms. The van der Waals surface area contributed by atoms with Crippen molar-refractivity contribution in [3.63, 3.8) is 0 Å². The third kappa shape index (κ3) is 4.49. The lowest BCUT2D eigenvalue weighted by Gasteiger charge is -2.10. The number of carbonyl (C=O) groups is 1. The van der Waals surface area contributed by atoms with Gasteiger partial charge in [-0.25, -0.2) is 5.48 Å². The summed E-state index contributed by atoms with van der Waals surface area (Å²) in [5.41, 5.74) is 3.97. The predicted octanol–water partition coefficient (Wildman–Crippen LogP) is 2.21. The van der Waals surface area contributed by atoms with E-state index in [0.717, 1.165) is 30.5 Å². The number of hydroxylamine groups is 1. The predicted molar refractivity (Wildman–Crippen MR) is 78.7 cm³/mol. The van der Waals surface area contributed by atoms with E-state index < -0.39 is 5.91 Å². The molecule has 1 aromatic heterocycles. The summed E-state index contributed by atoms with van der Waals surface area (Å²) in [6.45, 7) is 8.42. The van der Waals surface area contributed by atoms with Crippen LogP contribution < -0.4 is 11.0 Å². The number of aryl methyl sites for hydroxylation is 2. The topological polar surface area (TPSA) is 71.2 Å². The Morgan fingerprint density at radius 3 is 2.65 bits per heavy atom. The van der Waals surface area contributed by atoms with Crippen LogP contribution in [0.2, 0.25) is 0 Å². The maximum absolute atomic E-state index is 11.9. The van der Waals surface area contributed by atoms with Gasteiger partial charge < -0.3 is 4.98 Å². The maximum Gasteiger partial charge on any atom is 0.280 e. The van der Waals surface area contributed by atoms with E-state index in [9.17, 15) is 9.59 Å². The van der Waals surface area contributed by atoms with E-state index in [1.54, 1.807) is 6.07 Å². The Morgan fingerprint density at radius 2 is 2.10 bits per heavy atom. The minimum absolute atomic E-state index is 0.106. The van der Waals surface area contributed by atoms with Gasteiger partial charge in [0.2, 0.25) is 0 Å². The molecular formula is C15H24N2O3. The van der Waals surface area contributed by atoms with E-state index in [0.29, 0.717) is 12.5 Å². The van der Waals surface area contributed by atoms with Crippen LogP contribution in [0, 0.1) is 5.92 Å². The second kappa shape index (κ2) is 7.85. The Bertz CT molecular complexity index is 506. The summed E-state index contributed by atoms with van der Waals surface area (Å²) in [6, 6.07) is 1.68. The molecular weight excluding hydrogens is 256 g/mol. The highest BCUT2D eigenvalue weighted by Crippen LogP contribution is 2.09. The molecule has 0 saturated carbocycles. The second-order valence-electron chi connectivity index (χ2n) is 5.26. The Kier molecular flexibility index (Phi) is 6.45. The fraction of sp³-hybridized carbons (Fsp3) is 0.600. The molecule has 0 spiro atoms. The summed E-state index contributed by atoms with van der Waals surface area (Å²) in [5, 5.41) is 0. The van der Waals surface area contributed by atoms with Crippen molar-refractivity contribution < 1.29 is 9.63 Å². The highest BCUT2D eigenvalue weighted by Gasteiger charge is 2.14. The van der Waals surface area contributed by atoms with Crippen molar-refractivity contribution in [2.75, 3.05) is 6.61 Å². The lowest BCUT2D eigenvalue weighted by molar-refractivity contribution is 0.0207. The fourth-order valence-electron chi connectivity index (χ4n) is 1.92. The molecule has 0 fully saturated rings. The molecule has 5 heteroatoms. The number of nitrogens with one attached hydrogen (secondary N) is 2. The van der Waals surface area contributed by atoms with Gasteiger partial charge in [-0.1, -0.05) is 34.1 Å². The zero-order chi connectivity index (χ0) is 15.1. The molecule has 1 heterocycles. The SMILES string of the molecule is CCCc1cc(C(=O)NOCC(C)C)c(=O)[nH]c1CC. The first-order chi connectivity index (χ1) is 9.49. The van der Waals surface area contributed by atoms with Gasteiger partial charge in [-0.05, 0) is 30.4 Å². The highest BCUT2D eigenvalue weighted by atomic mass is 16.6. The number of H-pyrrole nitrogens is 1. The normalized spacial score (nSPS) is 10.8. The Labute approximate surface area is 119 Å². The minimum atomic E-state index is -0.494. The van der Waals surface area contributed by atoms with Gasteiger partial charge in [0.05, 0.1) is 6.61 Å². The molecule has 0 unspecified atom stereocenters. The Morgan fingerprint density at radius 1 is 1.40 bits per heavy atom. The van der Waals surface area contributed by atoms with Gasteiger partial charge in [-0.2, -0.15) is 0 Å². The molecule has 0 atom stereocenters. The Hall–Kier alpha value is -1.62. The number of aromatic amines is 1. The van der Waals surface area contributed by atoms with E-state index in [1.807, 2.05) is 20.8 Å². The largest absolute Gasteiger partial charge is 0.325 e. The third-order valence-corrected chi connectivity index (χ3v) is 2.91. The van der Waals surface area contributed by atoms with Crippen molar-refractivity contribution in [1.82, 2.24) is 10.5 Å². The molecule has 0 bridgehead atoms. The summed E-state index contributed by atoms with van der Waals surface area (Å²) >= 11 is 0. The smallest absolute Gasteiger partial charge is 0.280 e. The molecule has 1 rings (SSSR count). The average Bonchev–Trinajstić information content (AvgIpc) is 2.39. The van der Waals surface area contributed by atoms with Gasteiger partial charge >= 0.3 is 0 Å². The lowest BCUT2D eigenvalue weighted by Crippen LogP contribution is -2.31. The number of hydrogen-bond donors (Lipinski definition) is 2. The maximum atomic E-state index is 11.9. The first-order valence-electron chi connectivity index (χ1n) is 7.16. The van der Waals surface area contributed by atoms with Crippen molar-refractivity contribution >= 4 is 5.91 Å². The van der Waals surface area contributed by atoms with E-state index in [2.05, 4.69) is 17.4 Å². The van der Waals surface area contributed by atoms with Crippen LogP contribution in [-0.2, 0) is 17.7 Å². The molecule has 0 aliphatic carbocycles. The van der Waals surface area contributed by atoms with Crippen LogP contribution in [0.15, 0.2) is 10.9 Å². The number of rotatable bonds is 7. The van der Waals surface area contributed by atoms with Crippen molar-refractivity contribution in [1.29, 1.82) is 0 Å². The first-order valence-corrected chi connectivity index (χ1v) is 7.16. The van der Waals surface area contributed by atoms with Gasteiger partial charge in [-0.15, -0.1) is 0 Å². The van der Waals surface area contributed by atoms with Crippen LogP contribution in [0.4, 0.5) is 0 Å². The number of aromatic nitrogens is 1. The Balaban J connectivity index is 2.91. The third-order valence-electron chi connectivity index (χ3n) is 2.91. The van der Waals surface area contributed by atoms with Gasteiger partial charge in [-0.3, -0.25) is 14.4 Å². The molecule has 0 saturated heterocycles. The van der Waals surface area contributed by atoms with Gasteiger partial charge in [0.1, 0.15) is 5.56 Å². The van der Waals surface area contributed by atoms with E-state index in [-0.39, 0.29) is 11.1 Å². The van der Waals surface area contributed by atoms with Crippen molar-refractivity contribution in [3.05, 3.63) is 33.2 Å². The first kappa shape index (κ1) is 16.4. The molecule has 1 amide bonds. The summed E-state index contributed by atoms with van der Waals surface area (Å²) in [7, 11) is 0. The summed E-state index contributed by atoms with van der Waals surface area (Å²) in [4.78, 5) is 31.7. The highest BCUT2D eigenvalue weighted by molar-refractivity contribution is 5.93. The molecule has 112 valence electrons. The van der Waals surface area contributed by atoms with Crippen LogP contribution in [0.1, 0.15) is 55.7 Å². The number of pyridine rings is 1. The monoisotopic (exact) mass is 280 g/mol. The summed E-state index contributed by atoms with van der Waals surface area (Å²) < 4.78 is 0. The lowest BCUT2D eigenvalue weighted by atomic mass is 10.0. The van der Waals surface area contributed by atoms with Crippen molar-refractivity contribution in [3.8, 4) is 0 Å². The molecule has 5 nitrogen and oxygen atoms in total. The van der Waals surface area contributed by atoms with Crippen LogP contribution in [-0.4, -0.2) is 17.5 Å². The number of carbonyl (C=O) groups excluding carboxylic acids is 1. The standard InChI is InChI=1S/C15H24N2O3/c1-5-7-11-8-12(14(18)16-13(11)6-2)15(19)17-20-9-10(3)4/h8,10H,5-7,9H2,1-4H3,(H,16,18)(H,17,19). The molecule has 0 aliphatic heterocycles. The van der Waals surface area contributed by atoms with Crippen LogP contribution in [0.3, 0.4) is 0 Å². The second-order valence-corrected chi connectivity index (χ2v) is 5.26. The van der Waals surface area contributed by atoms with Crippen LogP contribution in [0.5, 0.6) is 0 Å². The number of amides is 1. The zero-order valence-corrected chi connectivity index (χ0v) is 12.7. The van der Waals surface area contributed by atoms with Crippen LogP contribution in [0.25, 0.3) is 0 Å². The number of hydrogen-bond acceptors (Lipinski definition) is 3. The minimum Gasteiger partial charge on any atom is -0.325 e. The van der Waals surface area contributed by atoms with Gasteiger partial charge in [0.15, 0.2) is 0 Å². The molecule has 1 aromatic rings. The molecule has 2 N–H and O–H groups in total. The summed E-state index contributed by atoms with van der Waals surface area (Å²) in [6.07, 6.45) is 2.55. The molecule has 0 radical (unpaired) electrons. The molecule has 0 aliphatic rings. The van der Waals surface area contributed by atoms with E-state index in [1.165, 1.54) is 0 Å². The van der Waals surface area contributed by atoms with Gasteiger partial charge in [0.25, 0.3) is 11.5 Å². The van der Waals surface area contributed by atoms with E-state index in [4.69, 9.17) is 4.84 Å². The quantitative estimate of drug-likeness (QED) is 0.752. The fourth-order valence-corrected chi connectivity index (χ4v) is 1.92. The van der Waals surface area contributed by atoms with Gasteiger partial charge in [0, 0.05) is 5.69 Å². The summed E-state index contributed by atoms with van der Waals surface area (Å²) in [5.74, 6) is -0.182. The molecule has 0 aromatic carbocycles.